The molecule has 1 nitrogen and oxygen atoms in total. The Morgan fingerprint density at radius 2 is 1.78 bits per heavy atom. The van der Waals surface area contributed by atoms with E-state index >= 15 is 0 Å². The van der Waals surface area contributed by atoms with Crippen molar-refractivity contribution in [3.8, 4) is 6.07 Å². The van der Waals surface area contributed by atoms with Crippen LogP contribution in [-0.4, -0.2) is 0 Å². The van der Waals surface area contributed by atoms with Gasteiger partial charge in [0.25, 0.3) is 0 Å². The van der Waals surface area contributed by atoms with Crippen molar-refractivity contribution in [2.24, 2.45) is 0 Å². The summed E-state index contributed by atoms with van der Waals surface area (Å²) in [4.78, 5) is 1.30. The largest absolute Gasteiger partial charge is 0.192 e. The van der Waals surface area contributed by atoms with Crippen LogP contribution in [0.2, 0.25) is 0 Å². The first-order chi connectivity index (χ1) is 8.86. The highest BCUT2D eigenvalue weighted by atomic mass is 32.1. The molecule has 86 valence electrons. The van der Waals surface area contributed by atoms with Crippen molar-refractivity contribution in [1.29, 1.82) is 5.26 Å². The second-order valence-corrected chi connectivity index (χ2v) is 5.36. The molecule has 3 rings (SSSR count). The first-order valence-electron chi connectivity index (χ1n) is 5.82. The summed E-state index contributed by atoms with van der Waals surface area (Å²) in [6.07, 6.45) is 0.836. The van der Waals surface area contributed by atoms with Crippen LogP contribution in [0.1, 0.15) is 16.0 Å². The van der Waals surface area contributed by atoms with E-state index < -0.39 is 0 Å². The number of benzene rings is 2. The van der Waals surface area contributed by atoms with E-state index in [1.54, 1.807) is 11.3 Å². The highest BCUT2D eigenvalue weighted by molar-refractivity contribution is 7.19. The van der Waals surface area contributed by atoms with Gasteiger partial charge in [0.1, 0.15) is 0 Å². The third-order valence-corrected chi connectivity index (χ3v) is 4.10. The summed E-state index contributed by atoms with van der Waals surface area (Å²) in [7, 11) is 0. The topological polar surface area (TPSA) is 23.8 Å². The average molecular weight is 249 g/mol. The zero-order valence-electron chi connectivity index (χ0n) is 9.76. The normalized spacial score (nSPS) is 10.4. The average Bonchev–Trinajstić information content (AvgIpc) is 2.81. The van der Waals surface area contributed by atoms with Crippen molar-refractivity contribution >= 4 is 21.4 Å². The van der Waals surface area contributed by atoms with E-state index in [1.165, 1.54) is 15.0 Å². The highest BCUT2D eigenvalue weighted by Gasteiger charge is 2.05. The van der Waals surface area contributed by atoms with E-state index in [1.807, 2.05) is 24.3 Å². The number of nitrogens with zero attached hydrogens (tertiary/aromatic N) is 1. The molecule has 2 aromatic carbocycles. The number of rotatable bonds is 2. The van der Waals surface area contributed by atoms with Crippen molar-refractivity contribution in [2.45, 2.75) is 6.42 Å². The summed E-state index contributed by atoms with van der Waals surface area (Å²) >= 11 is 1.80. The van der Waals surface area contributed by atoms with E-state index in [9.17, 15) is 0 Å². The van der Waals surface area contributed by atoms with Crippen LogP contribution in [0.25, 0.3) is 10.1 Å². The lowest BCUT2D eigenvalue weighted by Crippen LogP contribution is -1.89. The van der Waals surface area contributed by atoms with Crippen LogP contribution >= 0.6 is 11.3 Å². The third-order valence-electron chi connectivity index (χ3n) is 2.98. The number of thiophene rings is 1. The Kier molecular flexibility index (Phi) is 2.84. The van der Waals surface area contributed by atoms with Gasteiger partial charge >= 0.3 is 0 Å². The van der Waals surface area contributed by atoms with Crippen LogP contribution in [0.15, 0.2) is 54.6 Å². The Morgan fingerprint density at radius 1 is 1.00 bits per heavy atom. The second kappa shape index (κ2) is 4.64. The maximum atomic E-state index is 9.09. The zero-order valence-corrected chi connectivity index (χ0v) is 10.6. The molecule has 0 spiro atoms. The fourth-order valence-corrected chi connectivity index (χ4v) is 3.18. The maximum Gasteiger partial charge on any atom is 0.0994 e. The molecule has 1 aromatic heterocycles. The molecule has 2 heteroatoms. The van der Waals surface area contributed by atoms with Gasteiger partial charge in [0, 0.05) is 16.0 Å². The summed E-state index contributed by atoms with van der Waals surface area (Å²) in [5.41, 5.74) is 1.88. The SMILES string of the molecule is N#Cc1ccccc1Cc1cc2ccccc2s1. The lowest BCUT2D eigenvalue weighted by atomic mass is 10.0. The fraction of sp³-hybridized carbons (Fsp3) is 0.0625. The molecule has 1 heterocycles. The molecule has 0 bridgehead atoms. The molecule has 0 saturated carbocycles. The Morgan fingerprint density at radius 3 is 2.61 bits per heavy atom. The summed E-state index contributed by atoms with van der Waals surface area (Å²) in [6.45, 7) is 0. The number of nitriles is 1. The first kappa shape index (κ1) is 11.0. The molecule has 0 radical (unpaired) electrons. The van der Waals surface area contributed by atoms with Crippen LogP contribution < -0.4 is 0 Å². The van der Waals surface area contributed by atoms with Gasteiger partial charge in [0.15, 0.2) is 0 Å². The van der Waals surface area contributed by atoms with Crippen LogP contribution in [0, 0.1) is 11.3 Å². The quantitative estimate of drug-likeness (QED) is 0.662. The van der Waals surface area contributed by atoms with Gasteiger partial charge in [0.2, 0.25) is 0 Å². The molecular weight excluding hydrogens is 238 g/mol. The molecule has 0 N–H and O–H groups in total. The molecule has 0 saturated heterocycles. The standard InChI is InChI=1S/C16H11NS/c17-11-14-7-2-1-5-12(14)9-15-10-13-6-3-4-8-16(13)18-15/h1-8,10H,9H2. The lowest BCUT2D eigenvalue weighted by molar-refractivity contribution is 1.22. The first-order valence-corrected chi connectivity index (χ1v) is 6.64. The minimum Gasteiger partial charge on any atom is -0.192 e. The van der Waals surface area contributed by atoms with E-state index in [0.717, 1.165) is 17.5 Å². The molecule has 3 aromatic rings. The molecule has 0 aliphatic carbocycles. The van der Waals surface area contributed by atoms with Crippen LogP contribution in [0.3, 0.4) is 0 Å². The van der Waals surface area contributed by atoms with Gasteiger partial charge in [-0.15, -0.1) is 11.3 Å². The Labute approximate surface area is 110 Å². The molecular formula is C16H11NS. The predicted octanol–water partition coefficient (Wildman–Crippen LogP) is 4.36. The van der Waals surface area contributed by atoms with E-state index in [2.05, 4.69) is 36.4 Å². The Balaban J connectivity index is 1.99. The number of hydrogen-bond donors (Lipinski definition) is 0. The van der Waals surface area contributed by atoms with Crippen LogP contribution in [0.4, 0.5) is 0 Å². The Hall–Kier alpha value is -2.11. The van der Waals surface area contributed by atoms with E-state index in [0.29, 0.717) is 0 Å². The third kappa shape index (κ3) is 2.01. The van der Waals surface area contributed by atoms with Gasteiger partial charge < -0.3 is 0 Å². The molecule has 0 fully saturated rings. The van der Waals surface area contributed by atoms with E-state index in [4.69, 9.17) is 5.26 Å². The number of hydrogen-bond acceptors (Lipinski definition) is 2. The lowest BCUT2D eigenvalue weighted by Gasteiger charge is -2.00. The van der Waals surface area contributed by atoms with Crippen molar-refractivity contribution in [3.63, 3.8) is 0 Å². The second-order valence-electron chi connectivity index (χ2n) is 4.20. The summed E-state index contributed by atoms with van der Waals surface area (Å²) in [5.74, 6) is 0. The fourth-order valence-electron chi connectivity index (χ4n) is 2.10. The van der Waals surface area contributed by atoms with Crippen molar-refractivity contribution < 1.29 is 0 Å². The van der Waals surface area contributed by atoms with Crippen molar-refractivity contribution in [3.05, 3.63) is 70.6 Å². The Bertz CT molecular complexity index is 701. The smallest absolute Gasteiger partial charge is 0.0994 e. The summed E-state index contributed by atoms with van der Waals surface area (Å²) in [5, 5.41) is 10.4. The maximum absolute atomic E-state index is 9.09. The molecule has 0 aliphatic rings. The molecule has 0 unspecified atom stereocenters. The summed E-state index contributed by atoms with van der Waals surface area (Å²) < 4.78 is 1.31. The number of fused-ring (bicyclic) bond motifs is 1. The monoisotopic (exact) mass is 249 g/mol. The molecule has 18 heavy (non-hydrogen) atoms. The summed E-state index contributed by atoms with van der Waals surface area (Å²) in [6, 6.07) is 20.7. The van der Waals surface area contributed by atoms with Crippen molar-refractivity contribution in [2.75, 3.05) is 0 Å². The predicted molar refractivity (Wildman–Crippen MR) is 75.8 cm³/mol. The van der Waals surface area contributed by atoms with Gasteiger partial charge in [-0.3, -0.25) is 0 Å². The van der Waals surface area contributed by atoms with Gasteiger partial charge in [-0.05, 0) is 29.1 Å². The van der Waals surface area contributed by atoms with Gasteiger partial charge in [-0.1, -0.05) is 36.4 Å². The van der Waals surface area contributed by atoms with Crippen LogP contribution in [0.5, 0.6) is 0 Å². The van der Waals surface area contributed by atoms with Gasteiger partial charge in [0.05, 0.1) is 11.6 Å². The van der Waals surface area contributed by atoms with Crippen LogP contribution in [-0.2, 0) is 6.42 Å². The van der Waals surface area contributed by atoms with Gasteiger partial charge in [-0.25, -0.2) is 0 Å². The highest BCUT2D eigenvalue weighted by Crippen LogP contribution is 2.27. The molecule has 0 aliphatic heterocycles. The van der Waals surface area contributed by atoms with Gasteiger partial charge in [-0.2, -0.15) is 5.26 Å². The minimum atomic E-state index is 0.773. The molecule has 0 atom stereocenters. The minimum absolute atomic E-state index is 0.773. The van der Waals surface area contributed by atoms with Crippen molar-refractivity contribution in [1.82, 2.24) is 0 Å². The zero-order chi connectivity index (χ0) is 12.4. The molecule has 0 amide bonds. The van der Waals surface area contributed by atoms with E-state index in [-0.39, 0.29) is 0 Å².